The van der Waals surface area contributed by atoms with Crippen LogP contribution in [0.15, 0.2) is 35.4 Å². The molecule has 0 aliphatic carbocycles. The van der Waals surface area contributed by atoms with E-state index in [1.807, 2.05) is 31.2 Å². The maximum Gasteiger partial charge on any atom is 0.348 e. The molecule has 8 heteroatoms. The van der Waals surface area contributed by atoms with E-state index in [4.69, 9.17) is 9.47 Å². The van der Waals surface area contributed by atoms with Crippen molar-refractivity contribution in [3.8, 4) is 5.75 Å². The molecule has 148 valence electrons. The van der Waals surface area contributed by atoms with Crippen LogP contribution >= 0.6 is 11.3 Å². The summed E-state index contributed by atoms with van der Waals surface area (Å²) in [7, 11) is 0. The van der Waals surface area contributed by atoms with E-state index < -0.39 is 12.1 Å². The summed E-state index contributed by atoms with van der Waals surface area (Å²) in [5, 5.41) is 10.7. The summed E-state index contributed by atoms with van der Waals surface area (Å²) in [5.41, 5.74) is 1.31. The Hall–Kier alpha value is -2.71. The second kappa shape index (κ2) is 8.53. The minimum Gasteiger partial charge on any atom is -0.491 e. The van der Waals surface area contributed by atoms with E-state index in [0.717, 1.165) is 16.9 Å². The van der Waals surface area contributed by atoms with E-state index in [2.05, 4.69) is 4.98 Å². The molecule has 0 aliphatic heterocycles. The number of aliphatic hydroxyl groups is 1. The van der Waals surface area contributed by atoms with Crippen molar-refractivity contribution < 1.29 is 19.4 Å². The van der Waals surface area contributed by atoms with E-state index >= 15 is 0 Å². The van der Waals surface area contributed by atoms with Gasteiger partial charge in [-0.1, -0.05) is 12.1 Å². The third-order valence-electron chi connectivity index (χ3n) is 4.22. The lowest BCUT2D eigenvalue weighted by Crippen LogP contribution is -2.30. The van der Waals surface area contributed by atoms with Gasteiger partial charge in [0.2, 0.25) is 0 Å². The Bertz CT molecular complexity index is 1060. The molecule has 28 heavy (non-hydrogen) atoms. The van der Waals surface area contributed by atoms with Gasteiger partial charge in [-0.25, -0.2) is 9.78 Å². The Morgan fingerprint density at radius 3 is 2.86 bits per heavy atom. The maximum atomic E-state index is 12.8. The first kappa shape index (κ1) is 20.0. The molecule has 0 aliphatic rings. The van der Waals surface area contributed by atoms with Crippen molar-refractivity contribution in [2.24, 2.45) is 0 Å². The Labute approximate surface area is 166 Å². The van der Waals surface area contributed by atoms with Crippen LogP contribution in [-0.4, -0.2) is 39.9 Å². The van der Waals surface area contributed by atoms with Gasteiger partial charge in [0.05, 0.1) is 24.9 Å². The quantitative estimate of drug-likeness (QED) is 0.611. The number of aryl methyl sites for hydroxylation is 2. The maximum absolute atomic E-state index is 12.8. The minimum absolute atomic E-state index is 0.0393. The largest absolute Gasteiger partial charge is 0.491 e. The van der Waals surface area contributed by atoms with Crippen LogP contribution in [0.25, 0.3) is 10.2 Å². The number of fused-ring (bicyclic) bond motifs is 1. The van der Waals surface area contributed by atoms with Crippen molar-refractivity contribution in [1.29, 1.82) is 0 Å². The highest BCUT2D eigenvalue weighted by molar-refractivity contribution is 7.20. The average molecular weight is 402 g/mol. The zero-order chi connectivity index (χ0) is 20.3. The molecule has 3 aromatic rings. The van der Waals surface area contributed by atoms with Gasteiger partial charge in [0, 0.05) is 0 Å². The van der Waals surface area contributed by atoms with Gasteiger partial charge in [0.25, 0.3) is 5.56 Å². The molecule has 7 nitrogen and oxygen atoms in total. The molecule has 2 aromatic heterocycles. The highest BCUT2D eigenvalue weighted by atomic mass is 32.1. The number of rotatable bonds is 7. The molecule has 3 rings (SSSR count). The molecule has 0 bridgehead atoms. The van der Waals surface area contributed by atoms with Gasteiger partial charge in [0.15, 0.2) is 0 Å². The molecule has 0 radical (unpaired) electrons. The molecule has 2 heterocycles. The van der Waals surface area contributed by atoms with Gasteiger partial charge >= 0.3 is 5.97 Å². The molecule has 0 saturated carbocycles. The number of aliphatic hydroxyl groups excluding tert-OH is 1. The monoisotopic (exact) mass is 402 g/mol. The van der Waals surface area contributed by atoms with Crippen molar-refractivity contribution >= 4 is 27.5 Å². The predicted molar refractivity (Wildman–Crippen MR) is 107 cm³/mol. The van der Waals surface area contributed by atoms with Crippen LogP contribution in [0, 0.1) is 13.8 Å². The van der Waals surface area contributed by atoms with Crippen LogP contribution in [0.2, 0.25) is 0 Å². The molecule has 0 spiro atoms. The SMILES string of the molecule is CCOC(=O)c1sc2ncn(CC(O)COc3cccc(C)c3)c(=O)c2c1C. The van der Waals surface area contributed by atoms with Gasteiger partial charge in [-0.15, -0.1) is 11.3 Å². The fraction of sp³-hybridized carbons (Fsp3) is 0.350. The van der Waals surface area contributed by atoms with E-state index in [9.17, 15) is 14.7 Å². The first-order valence-corrected chi connectivity index (χ1v) is 9.75. The summed E-state index contributed by atoms with van der Waals surface area (Å²) in [5.74, 6) is 0.202. The van der Waals surface area contributed by atoms with Crippen molar-refractivity contribution in [2.45, 2.75) is 33.4 Å². The third kappa shape index (κ3) is 4.23. The highest BCUT2D eigenvalue weighted by Gasteiger charge is 2.21. The molecule has 0 amide bonds. The Morgan fingerprint density at radius 1 is 1.36 bits per heavy atom. The summed E-state index contributed by atoms with van der Waals surface area (Å²) >= 11 is 1.14. The van der Waals surface area contributed by atoms with E-state index in [1.54, 1.807) is 13.8 Å². The van der Waals surface area contributed by atoms with Crippen molar-refractivity contribution in [1.82, 2.24) is 9.55 Å². The van der Waals surface area contributed by atoms with Crippen LogP contribution in [0.3, 0.4) is 0 Å². The first-order valence-electron chi connectivity index (χ1n) is 8.94. The molecule has 0 saturated heterocycles. The van der Waals surface area contributed by atoms with E-state index in [0.29, 0.717) is 26.4 Å². The normalized spacial score (nSPS) is 12.1. The van der Waals surface area contributed by atoms with E-state index in [1.165, 1.54) is 10.9 Å². The van der Waals surface area contributed by atoms with Gasteiger partial charge in [-0.2, -0.15) is 0 Å². The van der Waals surface area contributed by atoms with Gasteiger partial charge in [-0.3, -0.25) is 9.36 Å². The Morgan fingerprint density at radius 2 is 2.14 bits per heavy atom. The third-order valence-corrected chi connectivity index (χ3v) is 5.40. The number of benzene rings is 1. The lowest BCUT2D eigenvalue weighted by molar-refractivity contribution is 0.0531. The molecular weight excluding hydrogens is 380 g/mol. The molecule has 0 fully saturated rings. The van der Waals surface area contributed by atoms with Crippen molar-refractivity contribution in [3.63, 3.8) is 0 Å². The summed E-state index contributed by atoms with van der Waals surface area (Å²) in [6.45, 7) is 5.73. The highest BCUT2D eigenvalue weighted by Crippen LogP contribution is 2.27. The zero-order valence-electron chi connectivity index (χ0n) is 16.0. The van der Waals surface area contributed by atoms with Crippen molar-refractivity contribution in [3.05, 3.63) is 57.0 Å². The fourth-order valence-corrected chi connectivity index (χ4v) is 3.89. The first-order chi connectivity index (χ1) is 13.4. The number of carbonyl (C=O) groups excluding carboxylic acids is 1. The standard InChI is InChI=1S/C20H22N2O5S/c1-4-26-20(25)17-13(3)16-18(28-17)21-11-22(19(16)24)9-14(23)10-27-15-7-5-6-12(2)8-15/h5-8,11,14,23H,4,9-10H2,1-3H3. The second-order valence-electron chi connectivity index (χ2n) is 6.44. The minimum atomic E-state index is -0.888. The van der Waals surface area contributed by atoms with Gasteiger partial charge in [-0.05, 0) is 44.0 Å². The van der Waals surface area contributed by atoms with Crippen LogP contribution in [-0.2, 0) is 11.3 Å². The van der Waals surface area contributed by atoms with E-state index in [-0.39, 0.29) is 25.3 Å². The van der Waals surface area contributed by atoms with Crippen LogP contribution < -0.4 is 10.3 Å². The topological polar surface area (TPSA) is 90.7 Å². The van der Waals surface area contributed by atoms with Crippen LogP contribution in [0.5, 0.6) is 5.75 Å². The lowest BCUT2D eigenvalue weighted by atomic mass is 10.2. The number of thiophene rings is 1. The zero-order valence-corrected chi connectivity index (χ0v) is 16.8. The average Bonchev–Trinajstić information content (AvgIpc) is 3.00. The number of nitrogens with zero attached hydrogens (tertiary/aromatic N) is 2. The van der Waals surface area contributed by atoms with Crippen LogP contribution in [0.1, 0.15) is 27.7 Å². The van der Waals surface area contributed by atoms with Crippen LogP contribution in [0.4, 0.5) is 0 Å². The van der Waals surface area contributed by atoms with Crippen molar-refractivity contribution in [2.75, 3.05) is 13.2 Å². The molecular formula is C20H22N2O5S. The summed E-state index contributed by atoms with van der Waals surface area (Å²) in [6.07, 6.45) is 0.492. The molecule has 1 N–H and O–H groups in total. The Kier molecular flexibility index (Phi) is 6.11. The number of hydrogen-bond acceptors (Lipinski definition) is 7. The summed E-state index contributed by atoms with van der Waals surface area (Å²) in [4.78, 5) is 30.0. The smallest absolute Gasteiger partial charge is 0.348 e. The summed E-state index contributed by atoms with van der Waals surface area (Å²) in [6, 6.07) is 7.51. The number of carbonyl (C=O) groups is 1. The lowest BCUT2D eigenvalue weighted by Gasteiger charge is -2.14. The van der Waals surface area contributed by atoms with Gasteiger partial charge < -0.3 is 14.6 Å². The Balaban J connectivity index is 1.77. The second-order valence-corrected chi connectivity index (χ2v) is 7.44. The molecule has 1 unspecified atom stereocenters. The molecule has 1 aromatic carbocycles. The predicted octanol–water partition coefficient (Wildman–Crippen LogP) is 2.69. The number of hydrogen-bond donors (Lipinski definition) is 1. The van der Waals surface area contributed by atoms with Gasteiger partial charge in [0.1, 0.15) is 28.2 Å². The number of esters is 1. The summed E-state index contributed by atoms with van der Waals surface area (Å²) < 4.78 is 12.0. The fourth-order valence-electron chi connectivity index (χ4n) is 2.86. The number of aromatic nitrogens is 2. The number of ether oxygens (including phenoxy) is 2. The molecule has 1 atom stereocenters.